The molecule has 2 rings (SSSR count). The Labute approximate surface area is 131 Å². The van der Waals surface area contributed by atoms with Crippen LogP contribution in [0.3, 0.4) is 0 Å². The van der Waals surface area contributed by atoms with E-state index < -0.39 is 35.4 Å². The highest BCUT2D eigenvalue weighted by Gasteiger charge is 2.44. The molecule has 1 N–H and O–H groups in total. The Morgan fingerprint density at radius 3 is 2.30 bits per heavy atom. The van der Waals surface area contributed by atoms with Crippen molar-refractivity contribution in [1.82, 2.24) is 4.90 Å². The van der Waals surface area contributed by atoms with Crippen molar-refractivity contribution in [3.63, 3.8) is 0 Å². The topological polar surface area (TPSA) is 40.5 Å². The third-order valence-electron chi connectivity index (χ3n) is 4.32. The van der Waals surface area contributed by atoms with Crippen molar-refractivity contribution in [1.29, 1.82) is 0 Å². The minimum atomic E-state index is -4.80. The van der Waals surface area contributed by atoms with Crippen LogP contribution >= 0.6 is 0 Å². The summed E-state index contributed by atoms with van der Waals surface area (Å²) in [7, 11) is 0. The van der Waals surface area contributed by atoms with Gasteiger partial charge in [-0.3, -0.25) is 9.69 Å². The van der Waals surface area contributed by atoms with Gasteiger partial charge in [0.15, 0.2) is 0 Å². The van der Waals surface area contributed by atoms with E-state index in [9.17, 15) is 27.5 Å². The average Bonchev–Trinajstić information content (AvgIpc) is 2.82. The molecule has 1 aliphatic rings. The first kappa shape index (κ1) is 17.7. The van der Waals surface area contributed by atoms with Crippen LogP contribution in [-0.2, 0) is 11.0 Å². The molecule has 2 atom stereocenters. The molecule has 23 heavy (non-hydrogen) atoms. The summed E-state index contributed by atoms with van der Waals surface area (Å²) < 4.78 is 53.0. The zero-order chi connectivity index (χ0) is 17.6. The molecule has 0 spiro atoms. The Morgan fingerprint density at radius 2 is 1.83 bits per heavy atom. The normalized spacial score (nSPS) is 23.3. The lowest BCUT2D eigenvalue weighted by atomic mass is 9.87. The molecule has 0 bridgehead atoms. The lowest BCUT2D eigenvalue weighted by molar-refractivity contribution is -0.141. The molecule has 1 fully saturated rings. The number of carboxylic acid groups (broad SMARTS) is 1. The first-order valence-electron chi connectivity index (χ1n) is 7.26. The Kier molecular flexibility index (Phi) is 4.45. The second-order valence-corrected chi connectivity index (χ2v) is 6.83. The summed E-state index contributed by atoms with van der Waals surface area (Å²) in [6.45, 7) is 6.04. The van der Waals surface area contributed by atoms with E-state index in [1.54, 1.807) is 0 Å². The van der Waals surface area contributed by atoms with E-state index in [1.807, 2.05) is 25.7 Å². The van der Waals surface area contributed by atoms with Gasteiger partial charge >= 0.3 is 12.1 Å². The fourth-order valence-corrected chi connectivity index (χ4v) is 2.97. The van der Waals surface area contributed by atoms with Gasteiger partial charge in [-0.1, -0.05) is 12.1 Å². The zero-order valence-electron chi connectivity index (χ0n) is 13.1. The van der Waals surface area contributed by atoms with Gasteiger partial charge in [0, 0.05) is 24.5 Å². The van der Waals surface area contributed by atoms with Crippen molar-refractivity contribution < 1.29 is 27.5 Å². The molecule has 7 heteroatoms. The van der Waals surface area contributed by atoms with Gasteiger partial charge in [-0.25, -0.2) is 4.39 Å². The van der Waals surface area contributed by atoms with E-state index >= 15 is 0 Å². The predicted molar refractivity (Wildman–Crippen MR) is 76.6 cm³/mol. The first-order chi connectivity index (χ1) is 10.4. The molecule has 0 saturated carbocycles. The number of carbonyl (C=O) groups is 1. The smallest absolute Gasteiger partial charge is 0.419 e. The molecule has 0 aromatic heterocycles. The van der Waals surface area contributed by atoms with E-state index in [2.05, 4.69) is 0 Å². The maximum absolute atomic E-state index is 14.3. The molecular formula is C16H19F4NO2. The van der Waals surface area contributed by atoms with E-state index in [-0.39, 0.29) is 24.2 Å². The summed E-state index contributed by atoms with van der Waals surface area (Å²) in [4.78, 5) is 13.3. The molecule has 1 heterocycles. The fourth-order valence-electron chi connectivity index (χ4n) is 2.97. The highest BCUT2D eigenvalue weighted by atomic mass is 19.4. The second-order valence-electron chi connectivity index (χ2n) is 6.83. The number of benzene rings is 1. The number of alkyl halides is 3. The van der Waals surface area contributed by atoms with Crippen LogP contribution in [-0.4, -0.2) is 34.6 Å². The Morgan fingerprint density at radius 1 is 1.22 bits per heavy atom. The van der Waals surface area contributed by atoms with Gasteiger partial charge in [0.05, 0.1) is 11.5 Å². The fraction of sp³-hybridized carbons (Fsp3) is 0.562. The van der Waals surface area contributed by atoms with E-state index in [4.69, 9.17) is 0 Å². The van der Waals surface area contributed by atoms with E-state index in [0.717, 1.165) is 6.07 Å². The zero-order valence-corrected chi connectivity index (χ0v) is 13.1. The van der Waals surface area contributed by atoms with Gasteiger partial charge < -0.3 is 5.11 Å². The van der Waals surface area contributed by atoms with Gasteiger partial charge in [-0.2, -0.15) is 13.2 Å². The minimum absolute atomic E-state index is 0.180. The Balaban J connectivity index is 2.46. The number of aliphatic carboxylic acids is 1. The Bertz CT molecular complexity index is 607. The van der Waals surface area contributed by atoms with Crippen molar-refractivity contribution in [3.05, 3.63) is 35.1 Å². The SMILES string of the molecule is CC(C)(C)N1C[C@H](C(=O)O)[C@@H](c2cccc(C(F)(F)F)c2F)C1. The number of nitrogens with zero attached hydrogens (tertiary/aromatic N) is 1. The van der Waals surface area contributed by atoms with Gasteiger partial charge in [-0.15, -0.1) is 0 Å². The van der Waals surface area contributed by atoms with E-state index in [0.29, 0.717) is 6.07 Å². The van der Waals surface area contributed by atoms with Crippen molar-refractivity contribution in [2.24, 2.45) is 5.92 Å². The number of hydrogen-bond donors (Lipinski definition) is 1. The maximum Gasteiger partial charge on any atom is 0.419 e. The maximum atomic E-state index is 14.3. The number of carboxylic acids is 1. The standard InChI is InChI=1S/C16H19F4NO2/c1-15(2,3)21-7-10(11(8-21)14(22)23)9-5-4-6-12(13(9)17)16(18,19)20/h4-6,10-11H,7-8H2,1-3H3,(H,22,23)/t10-,11+/m1/s1. The molecule has 0 radical (unpaired) electrons. The van der Waals surface area contributed by atoms with Gasteiger partial charge in [0.1, 0.15) is 5.82 Å². The average molecular weight is 333 g/mol. The monoisotopic (exact) mass is 333 g/mol. The van der Waals surface area contributed by atoms with Crippen molar-refractivity contribution in [2.75, 3.05) is 13.1 Å². The van der Waals surface area contributed by atoms with Crippen LogP contribution in [0, 0.1) is 11.7 Å². The van der Waals surface area contributed by atoms with Crippen LogP contribution in [0.25, 0.3) is 0 Å². The van der Waals surface area contributed by atoms with Crippen LogP contribution in [0.4, 0.5) is 17.6 Å². The number of rotatable bonds is 2. The molecule has 0 unspecified atom stereocenters. The van der Waals surface area contributed by atoms with Gasteiger partial charge in [0.25, 0.3) is 0 Å². The first-order valence-corrected chi connectivity index (χ1v) is 7.26. The van der Waals surface area contributed by atoms with Gasteiger partial charge in [-0.05, 0) is 32.4 Å². The van der Waals surface area contributed by atoms with Crippen molar-refractivity contribution >= 4 is 5.97 Å². The van der Waals surface area contributed by atoms with Crippen LogP contribution in [0.5, 0.6) is 0 Å². The third-order valence-corrected chi connectivity index (χ3v) is 4.32. The van der Waals surface area contributed by atoms with Crippen molar-refractivity contribution in [3.8, 4) is 0 Å². The van der Waals surface area contributed by atoms with Crippen LogP contribution in [0.15, 0.2) is 18.2 Å². The second kappa shape index (κ2) is 5.78. The van der Waals surface area contributed by atoms with Crippen LogP contribution < -0.4 is 0 Å². The predicted octanol–water partition coefficient (Wildman–Crippen LogP) is 3.74. The highest BCUT2D eigenvalue weighted by molar-refractivity contribution is 5.72. The Hall–Kier alpha value is -1.63. The summed E-state index contributed by atoms with van der Waals surface area (Å²) in [5, 5.41) is 9.38. The van der Waals surface area contributed by atoms with Gasteiger partial charge in [0.2, 0.25) is 0 Å². The summed E-state index contributed by atoms with van der Waals surface area (Å²) in [5.41, 5.74) is -1.88. The third kappa shape index (κ3) is 3.49. The largest absolute Gasteiger partial charge is 0.481 e. The lowest BCUT2D eigenvalue weighted by Crippen LogP contribution is -2.40. The molecule has 1 aliphatic heterocycles. The van der Waals surface area contributed by atoms with Crippen molar-refractivity contribution in [2.45, 2.75) is 38.4 Å². The minimum Gasteiger partial charge on any atom is -0.481 e. The van der Waals surface area contributed by atoms with Crippen LogP contribution in [0.2, 0.25) is 0 Å². The number of halogens is 4. The van der Waals surface area contributed by atoms with E-state index in [1.165, 1.54) is 6.07 Å². The molecule has 1 saturated heterocycles. The number of hydrogen-bond acceptors (Lipinski definition) is 2. The summed E-state index contributed by atoms with van der Waals surface area (Å²) in [6, 6.07) is 3.04. The molecule has 1 aromatic carbocycles. The summed E-state index contributed by atoms with van der Waals surface area (Å²) in [6.07, 6.45) is -4.80. The molecule has 1 aromatic rings. The number of likely N-dealkylation sites (tertiary alicyclic amines) is 1. The molecule has 0 aliphatic carbocycles. The van der Waals surface area contributed by atoms with Crippen LogP contribution in [0.1, 0.15) is 37.8 Å². The molecule has 3 nitrogen and oxygen atoms in total. The summed E-state index contributed by atoms with van der Waals surface area (Å²) in [5.74, 6) is -4.24. The summed E-state index contributed by atoms with van der Waals surface area (Å²) >= 11 is 0. The molecule has 0 amide bonds. The molecule has 128 valence electrons. The molecular weight excluding hydrogens is 314 g/mol. The highest BCUT2D eigenvalue weighted by Crippen LogP contribution is 2.40. The lowest BCUT2D eigenvalue weighted by Gasteiger charge is -2.31. The quantitative estimate of drug-likeness (QED) is 0.838.